The van der Waals surface area contributed by atoms with E-state index >= 15 is 0 Å². The molecule has 6 radical (unpaired) electrons. The summed E-state index contributed by atoms with van der Waals surface area (Å²) in [6.45, 7) is 2.09. The third-order valence-electron chi connectivity index (χ3n) is 6.33. The fourth-order valence-corrected chi connectivity index (χ4v) is 5.39. The first-order valence-electron chi connectivity index (χ1n) is 10.5. The molecular weight excluding hydrogens is 423 g/mol. The lowest BCUT2D eigenvalue weighted by Crippen LogP contribution is -2.49. The predicted molar refractivity (Wildman–Crippen MR) is 123 cm³/mol. The first-order valence-corrected chi connectivity index (χ1v) is 12.0. The third-order valence-corrected chi connectivity index (χ3v) is 7.85. The van der Waals surface area contributed by atoms with Crippen LogP contribution in [0.1, 0.15) is 38.2 Å². The van der Waals surface area contributed by atoms with Crippen LogP contribution in [0.2, 0.25) is 0 Å². The molecule has 2 aromatic rings. The molecule has 5 rings (SSSR count). The van der Waals surface area contributed by atoms with Gasteiger partial charge in [-0.05, 0) is 62.8 Å². The highest BCUT2D eigenvalue weighted by atomic mass is 32.2. The van der Waals surface area contributed by atoms with Crippen molar-refractivity contribution in [1.29, 1.82) is 0 Å². The Morgan fingerprint density at radius 2 is 1.84 bits per heavy atom. The van der Waals surface area contributed by atoms with Crippen molar-refractivity contribution in [3.8, 4) is 0 Å². The molecule has 0 saturated heterocycles. The largest absolute Gasteiger partial charge is 0.324 e. The maximum atomic E-state index is 13.2. The van der Waals surface area contributed by atoms with E-state index in [9.17, 15) is 13.2 Å². The molecule has 2 aliphatic carbocycles. The van der Waals surface area contributed by atoms with Gasteiger partial charge in [-0.1, -0.05) is 5.24 Å². The molecule has 2 heterocycles. The lowest BCUT2D eigenvalue weighted by Gasteiger charge is -2.25. The zero-order valence-electron chi connectivity index (χ0n) is 17.6. The molecule has 32 heavy (non-hydrogen) atoms. The number of benzene rings is 1. The number of rotatable bonds is 7. The number of carbonyl (C=O) groups is 1. The number of hydrogen-bond acceptors (Lipinski definition) is 6. The van der Waals surface area contributed by atoms with E-state index in [0.29, 0.717) is 23.4 Å². The van der Waals surface area contributed by atoms with Gasteiger partial charge < -0.3 is 5.32 Å². The Labute approximate surface area is 191 Å². The number of nitrogens with one attached hydrogen (secondary N) is 2. The fraction of sp³-hybridized carbons (Fsp3) is 0.450. The van der Waals surface area contributed by atoms with Crippen molar-refractivity contribution in [2.45, 2.75) is 54.2 Å². The Bertz CT molecular complexity index is 1190. The van der Waals surface area contributed by atoms with Gasteiger partial charge in [0.2, 0.25) is 21.9 Å². The Morgan fingerprint density at radius 3 is 2.41 bits per heavy atom. The van der Waals surface area contributed by atoms with Crippen LogP contribution in [0.15, 0.2) is 35.4 Å². The highest BCUT2D eigenvalue weighted by molar-refractivity contribution is 7.89. The van der Waals surface area contributed by atoms with E-state index in [1.54, 1.807) is 18.3 Å². The molecule has 1 amide bonds. The van der Waals surface area contributed by atoms with Crippen LogP contribution in [-0.2, 0) is 20.2 Å². The van der Waals surface area contributed by atoms with Crippen LogP contribution < -0.4 is 14.9 Å². The van der Waals surface area contributed by atoms with Gasteiger partial charge in [0.1, 0.15) is 5.82 Å². The van der Waals surface area contributed by atoms with Gasteiger partial charge in [-0.3, -0.25) is 9.69 Å². The van der Waals surface area contributed by atoms with Crippen LogP contribution in [0.25, 0.3) is 0 Å². The molecule has 2 fully saturated rings. The Morgan fingerprint density at radius 1 is 1.19 bits per heavy atom. The smallest absolute Gasteiger partial charge is 0.239 e. The molecule has 8 nitrogen and oxygen atoms in total. The number of nitrogens with zero attached hydrogens (tertiary/aromatic N) is 3. The average Bonchev–Trinajstić information content (AvgIpc) is 3.60. The van der Waals surface area contributed by atoms with E-state index < -0.39 is 20.7 Å². The fourth-order valence-electron chi connectivity index (χ4n) is 4.31. The topological polar surface area (TPSA) is 104 Å². The molecule has 1 aromatic carbocycles. The zero-order valence-corrected chi connectivity index (χ0v) is 18.4. The molecular formula is C20H20B3N5O3S. The van der Waals surface area contributed by atoms with Gasteiger partial charge in [-0.25, -0.2) is 18.1 Å². The van der Waals surface area contributed by atoms with Crippen LogP contribution in [0.5, 0.6) is 0 Å². The summed E-state index contributed by atoms with van der Waals surface area (Å²) >= 11 is 0. The first-order chi connectivity index (χ1) is 15.0. The molecule has 1 aromatic heterocycles. The number of sulfonamides is 1. The summed E-state index contributed by atoms with van der Waals surface area (Å²) in [5.74, 6) is 1.67. The number of amides is 1. The van der Waals surface area contributed by atoms with E-state index in [1.807, 2.05) is 9.62 Å². The Balaban J connectivity index is 1.39. The van der Waals surface area contributed by atoms with E-state index in [1.165, 1.54) is 12.1 Å². The highest BCUT2D eigenvalue weighted by Gasteiger charge is 2.61. The average molecular weight is 443 g/mol. The van der Waals surface area contributed by atoms with Crippen LogP contribution >= 0.6 is 0 Å². The standard InChI is InChI=1S/C20H20B3N5O3S/c1-11(12-2-3-12)28-16-15(19(8-9-19)17(28)29)10-24-18(26-16)25-13-4-6-14(7-5-13)32(30,31)27-20(21,22)23/h4-7,10-12,27H,2-3,8-9H2,1H3,(H,24,25,26)/t11-/m0/s1. The minimum Gasteiger partial charge on any atom is -0.324 e. The number of carbonyl (C=O) groups excluding carboxylic acids is 1. The van der Waals surface area contributed by atoms with Crippen molar-refractivity contribution in [2.75, 3.05) is 10.2 Å². The van der Waals surface area contributed by atoms with Crippen molar-refractivity contribution < 1.29 is 13.2 Å². The summed E-state index contributed by atoms with van der Waals surface area (Å²) in [6, 6.07) is 6.01. The van der Waals surface area contributed by atoms with Gasteiger partial charge in [0.15, 0.2) is 0 Å². The van der Waals surface area contributed by atoms with Crippen LogP contribution in [-0.4, -0.2) is 59.1 Å². The van der Waals surface area contributed by atoms with Crippen molar-refractivity contribution >= 4 is 56.9 Å². The minimum absolute atomic E-state index is 0.0469. The van der Waals surface area contributed by atoms with E-state index in [4.69, 9.17) is 23.5 Å². The molecule has 3 aliphatic rings. The Hall–Kier alpha value is -2.33. The maximum absolute atomic E-state index is 13.2. The van der Waals surface area contributed by atoms with Gasteiger partial charge in [0, 0.05) is 23.5 Å². The van der Waals surface area contributed by atoms with Gasteiger partial charge in [0.25, 0.3) is 0 Å². The summed E-state index contributed by atoms with van der Waals surface area (Å²) in [5, 5.41) is 1.02. The first kappa shape index (κ1) is 21.5. The summed E-state index contributed by atoms with van der Waals surface area (Å²) in [6.07, 6.45) is 5.67. The predicted octanol–water partition coefficient (Wildman–Crippen LogP) is 0.792. The van der Waals surface area contributed by atoms with Crippen molar-refractivity contribution in [3.63, 3.8) is 0 Å². The molecule has 158 valence electrons. The number of hydrogen-bond donors (Lipinski definition) is 2. The van der Waals surface area contributed by atoms with E-state index in [2.05, 4.69) is 22.2 Å². The van der Waals surface area contributed by atoms with Crippen LogP contribution in [0.4, 0.5) is 17.5 Å². The van der Waals surface area contributed by atoms with Crippen LogP contribution in [0.3, 0.4) is 0 Å². The second-order valence-corrected chi connectivity index (χ2v) is 10.6. The highest BCUT2D eigenvalue weighted by Crippen LogP contribution is 2.58. The van der Waals surface area contributed by atoms with E-state index in [-0.39, 0.29) is 16.8 Å². The second-order valence-electron chi connectivity index (χ2n) is 8.95. The third kappa shape index (κ3) is 3.73. The number of anilines is 3. The SMILES string of the molecule is [B]C([B])([B])NS(=O)(=O)c1ccc(Nc2ncc3c(n2)N([C@@H](C)C2CC2)C(=O)C32CC2)cc1. The molecule has 1 aliphatic heterocycles. The maximum Gasteiger partial charge on any atom is 0.239 e. The summed E-state index contributed by atoms with van der Waals surface area (Å²) in [5.41, 5.74) is 1.04. The molecule has 1 atom stereocenters. The number of aromatic nitrogens is 2. The molecule has 12 heteroatoms. The zero-order chi connectivity index (χ0) is 22.9. The molecule has 2 N–H and O–H groups in total. The normalized spacial score (nSPS) is 20.3. The van der Waals surface area contributed by atoms with Crippen molar-refractivity contribution in [2.24, 2.45) is 5.92 Å². The molecule has 0 bridgehead atoms. The molecule has 1 spiro atoms. The molecule has 2 saturated carbocycles. The number of fused-ring (bicyclic) bond motifs is 2. The van der Waals surface area contributed by atoms with Gasteiger partial charge in [-0.15, -0.1) is 0 Å². The summed E-state index contributed by atoms with van der Waals surface area (Å²) in [4.78, 5) is 24.1. The van der Waals surface area contributed by atoms with Crippen molar-refractivity contribution in [3.05, 3.63) is 36.0 Å². The van der Waals surface area contributed by atoms with E-state index in [0.717, 1.165) is 31.2 Å². The molecule has 0 unspecified atom stereocenters. The Kier molecular flexibility index (Phi) is 4.76. The second kappa shape index (κ2) is 7.09. The van der Waals surface area contributed by atoms with Gasteiger partial charge >= 0.3 is 0 Å². The van der Waals surface area contributed by atoms with Crippen molar-refractivity contribution in [1.82, 2.24) is 14.7 Å². The lowest BCUT2D eigenvalue weighted by atomic mass is 9.50. The monoisotopic (exact) mass is 443 g/mol. The quantitative estimate of drug-likeness (QED) is 0.614. The minimum atomic E-state index is -3.98. The van der Waals surface area contributed by atoms with Gasteiger partial charge in [-0.2, -0.15) is 4.98 Å². The summed E-state index contributed by atoms with van der Waals surface area (Å²) in [7, 11) is 12.0. The lowest BCUT2D eigenvalue weighted by molar-refractivity contribution is -0.120. The summed E-state index contributed by atoms with van der Waals surface area (Å²) < 4.78 is 26.5. The van der Waals surface area contributed by atoms with Gasteiger partial charge in [0.05, 0.1) is 33.8 Å². The van der Waals surface area contributed by atoms with Crippen LogP contribution in [0, 0.1) is 5.92 Å².